The summed E-state index contributed by atoms with van der Waals surface area (Å²) in [4.78, 5) is 16.9. The number of likely N-dealkylation sites (tertiary alicyclic amines) is 2. The van der Waals surface area contributed by atoms with Gasteiger partial charge in [-0.05, 0) is 49.5 Å². The number of benzene rings is 1. The molecule has 2 fully saturated rings. The molecular weight excluding hydrogens is 292 g/mol. The van der Waals surface area contributed by atoms with Crippen LogP contribution in [0.2, 0.25) is 0 Å². The second-order valence-electron chi connectivity index (χ2n) is 6.85. The number of phenolic OH excluding ortho intramolecular Hbond substituents is 1. The highest BCUT2D eigenvalue weighted by molar-refractivity contribution is 5.79. The Bertz CT molecular complexity index is 526. The molecule has 1 aromatic rings. The predicted octanol–water partition coefficient (Wildman–Crippen LogP) is 1.10. The summed E-state index contributed by atoms with van der Waals surface area (Å²) in [6, 6.07) is 6.79. The molecule has 5 heteroatoms. The van der Waals surface area contributed by atoms with E-state index in [4.69, 9.17) is 0 Å². The molecule has 0 aliphatic carbocycles. The molecule has 0 aromatic heterocycles. The minimum Gasteiger partial charge on any atom is -0.508 e. The van der Waals surface area contributed by atoms with Gasteiger partial charge in [0.25, 0.3) is 0 Å². The second-order valence-corrected chi connectivity index (χ2v) is 6.85. The zero-order valence-corrected chi connectivity index (χ0v) is 13.5. The molecule has 1 aromatic carbocycles. The van der Waals surface area contributed by atoms with Gasteiger partial charge in [0, 0.05) is 32.2 Å². The minimum absolute atomic E-state index is 0.109. The van der Waals surface area contributed by atoms with Crippen molar-refractivity contribution < 1.29 is 15.0 Å². The Kier molecular flexibility index (Phi) is 5.18. The number of nitrogens with zero attached hydrogens (tertiary/aromatic N) is 2. The Labute approximate surface area is 137 Å². The van der Waals surface area contributed by atoms with E-state index in [2.05, 4.69) is 4.90 Å². The maximum atomic E-state index is 12.5. The van der Waals surface area contributed by atoms with Crippen LogP contribution in [-0.4, -0.2) is 65.3 Å². The van der Waals surface area contributed by atoms with E-state index < -0.39 is 0 Å². The lowest BCUT2D eigenvalue weighted by atomic mass is 9.96. The highest BCUT2D eigenvalue weighted by Crippen LogP contribution is 2.26. The van der Waals surface area contributed by atoms with Crippen molar-refractivity contribution in [1.82, 2.24) is 9.80 Å². The number of carbonyl (C=O) groups is 1. The molecule has 0 unspecified atom stereocenters. The van der Waals surface area contributed by atoms with Crippen LogP contribution in [0.5, 0.6) is 5.75 Å². The number of amides is 1. The van der Waals surface area contributed by atoms with Crippen LogP contribution in [0, 0.1) is 11.8 Å². The summed E-state index contributed by atoms with van der Waals surface area (Å²) < 4.78 is 0. The van der Waals surface area contributed by atoms with Gasteiger partial charge in [0.1, 0.15) is 5.75 Å². The quantitative estimate of drug-likeness (QED) is 0.853. The zero-order chi connectivity index (χ0) is 16.2. The monoisotopic (exact) mass is 318 g/mol. The van der Waals surface area contributed by atoms with E-state index in [-0.39, 0.29) is 24.2 Å². The number of hydrogen-bond acceptors (Lipinski definition) is 4. The summed E-state index contributed by atoms with van der Waals surface area (Å²) in [6.45, 7) is 4.85. The Morgan fingerprint density at radius 3 is 2.39 bits per heavy atom. The second kappa shape index (κ2) is 7.32. The fourth-order valence-electron chi connectivity index (χ4n) is 3.75. The number of hydrogen-bond donors (Lipinski definition) is 2. The fraction of sp³-hybridized carbons (Fsp3) is 0.611. The maximum Gasteiger partial charge on any atom is 0.227 e. The van der Waals surface area contributed by atoms with Gasteiger partial charge in [0.15, 0.2) is 0 Å². The highest BCUT2D eigenvalue weighted by Gasteiger charge is 2.35. The molecule has 1 amide bonds. The Morgan fingerprint density at radius 1 is 1.09 bits per heavy atom. The lowest BCUT2D eigenvalue weighted by Crippen LogP contribution is -2.33. The van der Waals surface area contributed by atoms with E-state index in [0.29, 0.717) is 18.9 Å². The first-order chi connectivity index (χ1) is 11.2. The smallest absolute Gasteiger partial charge is 0.227 e. The van der Waals surface area contributed by atoms with Crippen LogP contribution in [0.3, 0.4) is 0 Å². The van der Waals surface area contributed by atoms with E-state index >= 15 is 0 Å². The van der Waals surface area contributed by atoms with E-state index in [1.807, 2.05) is 4.90 Å². The third-order valence-corrected chi connectivity index (χ3v) is 5.15. The van der Waals surface area contributed by atoms with Crippen molar-refractivity contribution in [2.24, 2.45) is 11.8 Å². The Balaban J connectivity index is 1.57. The van der Waals surface area contributed by atoms with Crippen molar-refractivity contribution >= 4 is 5.91 Å². The van der Waals surface area contributed by atoms with Gasteiger partial charge < -0.3 is 20.0 Å². The van der Waals surface area contributed by atoms with Crippen LogP contribution in [0.25, 0.3) is 0 Å². The molecular formula is C18H26N2O3. The largest absolute Gasteiger partial charge is 0.508 e. The van der Waals surface area contributed by atoms with Gasteiger partial charge in [-0.3, -0.25) is 4.79 Å². The molecule has 0 bridgehead atoms. The number of rotatable bonds is 5. The summed E-state index contributed by atoms with van der Waals surface area (Å²) in [5.74, 6) is 0.896. The van der Waals surface area contributed by atoms with E-state index in [1.54, 1.807) is 24.3 Å². The van der Waals surface area contributed by atoms with Crippen molar-refractivity contribution in [3.63, 3.8) is 0 Å². The first kappa shape index (κ1) is 16.3. The van der Waals surface area contributed by atoms with Crippen LogP contribution in [0.4, 0.5) is 0 Å². The van der Waals surface area contributed by atoms with E-state index in [9.17, 15) is 15.0 Å². The SMILES string of the molecule is O=C(Cc1ccc(O)cc1)N1C[C@@H](CN2CCCC2)[C@@H](CO)C1. The van der Waals surface area contributed by atoms with Gasteiger partial charge in [0.05, 0.1) is 6.42 Å². The average Bonchev–Trinajstić information content (AvgIpc) is 3.19. The van der Waals surface area contributed by atoms with Gasteiger partial charge in [-0.25, -0.2) is 0 Å². The van der Waals surface area contributed by atoms with Crippen LogP contribution in [-0.2, 0) is 11.2 Å². The molecule has 2 saturated heterocycles. The molecule has 2 aliphatic heterocycles. The Hall–Kier alpha value is -1.59. The number of aromatic hydroxyl groups is 1. The molecule has 126 valence electrons. The molecule has 5 nitrogen and oxygen atoms in total. The normalized spacial score (nSPS) is 25.2. The van der Waals surface area contributed by atoms with Crippen molar-refractivity contribution in [3.8, 4) is 5.75 Å². The van der Waals surface area contributed by atoms with E-state index in [1.165, 1.54) is 12.8 Å². The van der Waals surface area contributed by atoms with Crippen LogP contribution < -0.4 is 0 Å². The standard InChI is InChI=1S/C18H26N2O3/c21-13-16-12-20(11-15(16)10-19-7-1-2-8-19)18(23)9-14-3-5-17(22)6-4-14/h3-6,15-16,21-22H,1-2,7-13H2/t15-,16-/m1/s1. The van der Waals surface area contributed by atoms with Crippen LogP contribution >= 0.6 is 0 Å². The fourth-order valence-corrected chi connectivity index (χ4v) is 3.75. The average molecular weight is 318 g/mol. The lowest BCUT2D eigenvalue weighted by Gasteiger charge is -2.22. The van der Waals surface area contributed by atoms with Crippen molar-refractivity contribution in [3.05, 3.63) is 29.8 Å². The topological polar surface area (TPSA) is 64.0 Å². The van der Waals surface area contributed by atoms with Gasteiger partial charge in [-0.1, -0.05) is 12.1 Å². The van der Waals surface area contributed by atoms with Gasteiger partial charge in [0.2, 0.25) is 5.91 Å². The Morgan fingerprint density at radius 2 is 1.74 bits per heavy atom. The van der Waals surface area contributed by atoms with Crippen molar-refractivity contribution in [1.29, 1.82) is 0 Å². The molecule has 2 heterocycles. The number of phenols is 1. The maximum absolute atomic E-state index is 12.5. The van der Waals surface area contributed by atoms with Crippen LogP contribution in [0.15, 0.2) is 24.3 Å². The number of aliphatic hydroxyl groups excluding tert-OH is 1. The summed E-state index contributed by atoms with van der Waals surface area (Å²) in [5, 5.41) is 19.0. The van der Waals surface area contributed by atoms with Crippen molar-refractivity contribution in [2.75, 3.05) is 39.3 Å². The van der Waals surface area contributed by atoms with Gasteiger partial charge in [-0.2, -0.15) is 0 Å². The number of carbonyl (C=O) groups excluding carboxylic acids is 1. The summed E-state index contributed by atoms with van der Waals surface area (Å²) >= 11 is 0. The summed E-state index contributed by atoms with van der Waals surface area (Å²) in [6.07, 6.45) is 2.88. The van der Waals surface area contributed by atoms with Crippen LogP contribution in [0.1, 0.15) is 18.4 Å². The van der Waals surface area contributed by atoms with E-state index in [0.717, 1.165) is 31.7 Å². The highest BCUT2D eigenvalue weighted by atomic mass is 16.3. The van der Waals surface area contributed by atoms with Crippen molar-refractivity contribution in [2.45, 2.75) is 19.3 Å². The first-order valence-corrected chi connectivity index (χ1v) is 8.54. The third kappa shape index (κ3) is 4.03. The predicted molar refractivity (Wildman–Crippen MR) is 88.1 cm³/mol. The summed E-state index contributed by atoms with van der Waals surface area (Å²) in [5.41, 5.74) is 0.913. The van der Waals surface area contributed by atoms with Gasteiger partial charge >= 0.3 is 0 Å². The molecule has 0 saturated carbocycles. The zero-order valence-electron chi connectivity index (χ0n) is 13.5. The minimum atomic E-state index is 0.109. The molecule has 0 radical (unpaired) electrons. The van der Waals surface area contributed by atoms with Gasteiger partial charge in [-0.15, -0.1) is 0 Å². The first-order valence-electron chi connectivity index (χ1n) is 8.54. The lowest BCUT2D eigenvalue weighted by molar-refractivity contribution is -0.129. The molecule has 23 heavy (non-hydrogen) atoms. The molecule has 2 N–H and O–H groups in total. The molecule has 2 atom stereocenters. The molecule has 2 aliphatic rings. The number of aliphatic hydroxyl groups is 1. The third-order valence-electron chi connectivity index (χ3n) is 5.15. The molecule has 3 rings (SSSR count). The summed E-state index contributed by atoms with van der Waals surface area (Å²) in [7, 11) is 0. The molecule has 0 spiro atoms.